The Morgan fingerprint density at radius 1 is 1.03 bits per heavy atom. The number of rotatable bonds is 4. The Bertz CT molecular complexity index is 1030. The summed E-state index contributed by atoms with van der Waals surface area (Å²) in [5.41, 5.74) is 3.94. The summed E-state index contributed by atoms with van der Waals surface area (Å²) in [6, 6.07) is 11.3. The Labute approximate surface area is 178 Å². The summed E-state index contributed by atoms with van der Waals surface area (Å²) < 4.78 is 4.33. The van der Waals surface area contributed by atoms with Gasteiger partial charge >= 0.3 is 0 Å². The average molecular weight is 406 g/mol. The van der Waals surface area contributed by atoms with Crippen LogP contribution in [-0.4, -0.2) is 63.1 Å². The number of carbonyl (C=O) groups is 1. The van der Waals surface area contributed by atoms with Gasteiger partial charge in [-0.3, -0.25) is 9.48 Å². The number of piperidine rings is 1. The third kappa shape index (κ3) is 3.33. The molecule has 5 rings (SSSR count). The van der Waals surface area contributed by atoms with Gasteiger partial charge in [-0.25, -0.2) is 0 Å². The van der Waals surface area contributed by atoms with Crippen molar-refractivity contribution in [2.24, 2.45) is 0 Å². The van der Waals surface area contributed by atoms with E-state index in [0.717, 1.165) is 48.4 Å². The maximum absolute atomic E-state index is 13.5. The minimum atomic E-state index is 0.147. The van der Waals surface area contributed by atoms with E-state index in [1.165, 1.54) is 25.7 Å². The third-order valence-electron chi connectivity index (χ3n) is 6.99. The summed E-state index contributed by atoms with van der Waals surface area (Å²) in [7, 11) is 4.26. The lowest BCUT2D eigenvalue weighted by atomic mass is 10.0. The van der Waals surface area contributed by atoms with Crippen molar-refractivity contribution in [1.29, 1.82) is 0 Å². The van der Waals surface area contributed by atoms with Gasteiger partial charge < -0.3 is 14.2 Å². The number of nitrogens with zero attached hydrogens (tertiary/aromatic N) is 5. The van der Waals surface area contributed by atoms with Gasteiger partial charge in [-0.2, -0.15) is 5.10 Å². The summed E-state index contributed by atoms with van der Waals surface area (Å²) in [6.07, 6.45) is 10.9. The SMILES string of the molecule is CN(C)C1CCN(C(=O)c2cc(-c3ccnn3C3CCCC3)n3ccccc23)CC1. The van der Waals surface area contributed by atoms with E-state index in [0.29, 0.717) is 12.1 Å². The molecule has 0 N–H and O–H groups in total. The van der Waals surface area contributed by atoms with E-state index in [1.807, 2.05) is 23.2 Å². The molecule has 0 aromatic carbocycles. The number of hydrogen-bond acceptors (Lipinski definition) is 3. The minimum absolute atomic E-state index is 0.147. The van der Waals surface area contributed by atoms with E-state index in [9.17, 15) is 4.79 Å². The first kappa shape index (κ1) is 19.4. The van der Waals surface area contributed by atoms with Crippen LogP contribution in [-0.2, 0) is 0 Å². The second-order valence-electron chi connectivity index (χ2n) is 8.99. The van der Waals surface area contributed by atoms with Gasteiger partial charge in [0.2, 0.25) is 0 Å². The van der Waals surface area contributed by atoms with Crippen LogP contribution in [0.15, 0.2) is 42.7 Å². The van der Waals surface area contributed by atoms with Gasteiger partial charge in [-0.15, -0.1) is 0 Å². The fourth-order valence-electron chi connectivity index (χ4n) is 5.23. The van der Waals surface area contributed by atoms with E-state index in [-0.39, 0.29) is 5.91 Å². The fraction of sp³-hybridized carbons (Fsp3) is 0.500. The Kier molecular flexibility index (Phi) is 5.11. The van der Waals surface area contributed by atoms with Crippen molar-refractivity contribution >= 4 is 11.4 Å². The molecule has 1 aliphatic carbocycles. The average Bonchev–Trinajstić information content (AvgIpc) is 3.51. The number of likely N-dealkylation sites (tertiary alicyclic amines) is 1. The van der Waals surface area contributed by atoms with Crippen LogP contribution >= 0.6 is 0 Å². The normalized spacial score (nSPS) is 18.7. The van der Waals surface area contributed by atoms with Crippen LogP contribution in [0.5, 0.6) is 0 Å². The molecule has 2 aliphatic rings. The zero-order valence-electron chi connectivity index (χ0n) is 18.0. The zero-order valence-corrected chi connectivity index (χ0v) is 18.0. The van der Waals surface area contributed by atoms with Crippen molar-refractivity contribution in [3.63, 3.8) is 0 Å². The van der Waals surface area contributed by atoms with Crippen LogP contribution in [0.2, 0.25) is 0 Å². The lowest BCUT2D eigenvalue weighted by molar-refractivity contribution is 0.0665. The lowest BCUT2D eigenvalue weighted by Gasteiger charge is -2.35. The molecule has 0 spiro atoms. The Morgan fingerprint density at radius 3 is 2.53 bits per heavy atom. The maximum atomic E-state index is 13.5. The second-order valence-corrected chi connectivity index (χ2v) is 8.99. The van der Waals surface area contributed by atoms with E-state index >= 15 is 0 Å². The smallest absolute Gasteiger partial charge is 0.256 e. The maximum Gasteiger partial charge on any atom is 0.256 e. The van der Waals surface area contributed by atoms with E-state index in [4.69, 9.17) is 0 Å². The Hall–Kier alpha value is -2.60. The predicted octanol–water partition coefficient (Wildman–Crippen LogP) is 4.08. The largest absolute Gasteiger partial charge is 0.338 e. The molecule has 4 heterocycles. The number of aromatic nitrogens is 3. The monoisotopic (exact) mass is 405 g/mol. The molecule has 3 aromatic heterocycles. The molecular weight excluding hydrogens is 374 g/mol. The molecule has 1 aliphatic heterocycles. The second kappa shape index (κ2) is 7.91. The first-order chi connectivity index (χ1) is 14.6. The topological polar surface area (TPSA) is 45.8 Å². The molecule has 0 atom stereocenters. The van der Waals surface area contributed by atoms with Crippen molar-refractivity contribution in [3.8, 4) is 11.4 Å². The molecule has 2 fully saturated rings. The standard InChI is InChI=1S/C24H31N5O/c1-26(2)18-11-15-27(16-12-18)24(30)20-17-23(28-14-6-5-9-21(20)28)22-10-13-25-29(22)19-7-3-4-8-19/h5-6,9-10,13-14,17-19H,3-4,7-8,11-12,15-16H2,1-2H3. The molecule has 0 radical (unpaired) electrons. The quantitative estimate of drug-likeness (QED) is 0.657. The van der Waals surface area contributed by atoms with Crippen LogP contribution < -0.4 is 0 Å². The summed E-state index contributed by atoms with van der Waals surface area (Å²) in [5, 5.41) is 4.65. The number of pyridine rings is 1. The number of hydrogen-bond donors (Lipinski definition) is 0. The fourth-order valence-corrected chi connectivity index (χ4v) is 5.23. The molecule has 1 amide bonds. The van der Waals surface area contributed by atoms with Gasteiger partial charge in [0.25, 0.3) is 5.91 Å². The first-order valence-electron chi connectivity index (χ1n) is 11.2. The Balaban J connectivity index is 1.50. The van der Waals surface area contributed by atoms with Gasteiger partial charge in [0.1, 0.15) is 0 Å². The van der Waals surface area contributed by atoms with Gasteiger partial charge in [0.15, 0.2) is 0 Å². The number of amides is 1. The number of carbonyl (C=O) groups excluding carboxylic acids is 1. The van der Waals surface area contributed by atoms with Crippen LogP contribution in [0.3, 0.4) is 0 Å². The third-order valence-corrected chi connectivity index (χ3v) is 6.99. The molecule has 1 saturated carbocycles. The van der Waals surface area contributed by atoms with E-state index in [1.54, 1.807) is 0 Å². The molecule has 6 heteroatoms. The van der Waals surface area contributed by atoms with Gasteiger partial charge in [-0.1, -0.05) is 18.9 Å². The minimum Gasteiger partial charge on any atom is -0.338 e. The highest BCUT2D eigenvalue weighted by atomic mass is 16.2. The molecule has 6 nitrogen and oxygen atoms in total. The van der Waals surface area contributed by atoms with Gasteiger partial charge in [0.05, 0.1) is 28.5 Å². The molecule has 3 aromatic rings. The van der Waals surface area contributed by atoms with Gasteiger partial charge in [0, 0.05) is 31.5 Å². The van der Waals surface area contributed by atoms with E-state index in [2.05, 4.69) is 57.6 Å². The number of fused-ring (bicyclic) bond motifs is 1. The van der Waals surface area contributed by atoms with Crippen molar-refractivity contribution in [1.82, 2.24) is 24.0 Å². The van der Waals surface area contributed by atoms with Crippen LogP contribution in [0.4, 0.5) is 0 Å². The zero-order chi connectivity index (χ0) is 20.7. The molecular formula is C24H31N5O. The highest BCUT2D eigenvalue weighted by Crippen LogP contribution is 2.34. The molecule has 0 bridgehead atoms. The lowest BCUT2D eigenvalue weighted by Crippen LogP contribution is -2.44. The van der Waals surface area contributed by atoms with Crippen molar-refractivity contribution in [2.45, 2.75) is 50.6 Å². The van der Waals surface area contributed by atoms with Crippen molar-refractivity contribution in [3.05, 3.63) is 48.3 Å². The predicted molar refractivity (Wildman–Crippen MR) is 119 cm³/mol. The molecule has 158 valence electrons. The van der Waals surface area contributed by atoms with Crippen molar-refractivity contribution in [2.75, 3.05) is 27.2 Å². The van der Waals surface area contributed by atoms with Crippen LogP contribution in [0, 0.1) is 0 Å². The highest BCUT2D eigenvalue weighted by molar-refractivity contribution is 6.02. The summed E-state index contributed by atoms with van der Waals surface area (Å²) in [5.74, 6) is 0.147. The van der Waals surface area contributed by atoms with Crippen molar-refractivity contribution < 1.29 is 4.79 Å². The van der Waals surface area contributed by atoms with Gasteiger partial charge in [-0.05, 0) is 64.0 Å². The highest BCUT2D eigenvalue weighted by Gasteiger charge is 2.28. The Morgan fingerprint density at radius 2 is 1.80 bits per heavy atom. The first-order valence-corrected chi connectivity index (χ1v) is 11.2. The van der Waals surface area contributed by atoms with E-state index < -0.39 is 0 Å². The van der Waals surface area contributed by atoms with Crippen LogP contribution in [0.25, 0.3) is 16.9 Å². The van der Waals surface area contributed by atoms with Crippen LogP contribution in [0.1, 0.15) is 54.9 Å². The summed E-state index contributed by atoms with van der Waals surface area (Å²) in [6.45, 7) is 1.64. The summed E-state index contributed by atoms with van der Waals surface area (Å²) >= 11 is 0. The molecule has 0 unspecified atom stereocenters. The molecule has 30 heavy (non-hydrogen) atoms. The summed E-state index contributed by atoms with van der Waals surface area (Å²) in [4.78, 5) is 17.8. The molecule has 1 saturated heterocycles.